The van der Waals surface area contributed by atoms with Gasteiger partial charge in [-0.25, -0.2) is 0 Å². The maximum Gasteiger partial charge on any atom is 1.00 e. The zero-order chi connectivity index (χ0) is 20.8. The van der Waals surface area contributed by atoms with Crippen LogP contribution in [0.25, 0.3) is 0 Å². The Labute approximate surface area is 195 Å². The summed E-state index contributed by atoms with van der Waals surface area (Å²) < 4.78 is 37.3. The molecule has 0 aromatic heterocycles. The summed E-state index contributed by atoms with van der Waals surface area (Å²) in [7, 11) is -4.67. The predicted octanol–water partition coefficient (Wildman–Crippen LogP) is 2.45. The fraction of sp³-hybridized carbons (Fsp3) is 0.700. The van der Waals surface area contributed by atoms with E-state index in [0.717, 1.165) is 12.4 Å². The first-order chi connectivity index (χ1) is 12.8. The fourth-order valence-corrected chi connectivity index (χ4v) is 2.30. The topological polar surface area (TPSA) is 104 Å². The Kier molecular flexibility index (Phi) is 28.9. The van der Waals surface area contributed by atoms with E-state index < -0.39 is 10.4 Å². The first-order valence-electron chi connectivity index (χ1n) is 9.83. The van der Waals surface area contributed by atoms with Gasteiger partial charge in [0.1, 0.15) is 5.75 Å². The molecule has 0 radical (unpaired) electrons. The van der Waals surface area contributed by atoms with Crippen molar-refractivity contribution in [2.75, 3.05) is 13.2 Å². The molecule has 0 aliphatic heterocycles. The summed E-state index contributed by atoms with van der Waals surface area (Å²) in [6.07, 6.45) is 13.7. The molecule has 0 bridgehead atoms. The Morgan fingerprint density at radius 2 is 1.18 bits per heavy atom. The van der Waals surface area contributed by atoms with Crippen LogP contribution >= 0.6 is 0 Å². The van der Waals surface area contributed by atoms with Crippen molar-refractivity contribution < 1.29 is 58.4 Å². The minimum atomic E-state index is -4.67. The number of hydrogen-bond acceptors (Lipinski definition) is 4. The van der Waals surface area contributed by atoms with Crippen molar-refractivity contribution in [3.63, 3.8) is 0 Å². The summed E-state index contributed by atoms with van der Waals surface area (Å²) in [5.41, 5.74) is 0. The second-order valence-electron chi connectivity index (χ2n) is 6.11. The van der Waals surface area contributed by atoms with Crippen molar-refractivity contribution in [3.8, 4) is 5.75 Å². The minimum Gasteiger partial charge on any atom is -1.00 e. The van der Waals surface area contributed by atoms with Crippen molar-refractivity contribution in [1.82, 2.24) is 0 Å². The zero-order valence-corrected chi connectivity index (χ0v) is 20.7. The molecule has 6 nitrogen and oxygen atoms in total. The number of para-hydroxylation sites is 1. The summed E-state index contributed by atoms with van der Waals surface area (Å²) in [6.45, 7) is 5.07. The Morgan fingerprint density at radius 1 is 0.821 bits per heavy atom. The van der Waals surface area contributed by atoms with Gasteiger partial charge in [0.15, 0.2) is 0 Å². The van der Waals surface area contributed by atoms with Crippen LogP contribution in [0.2, 0.25) is 0 Å². The average Bonchev–Trinajstić information content (AvgIpc) is 2.60. The first kappa shape index (κ1) is 32.5. The maximum absolute atomic E-state index is 8.74. The number of hydrogen-bond donors (Lipinski definition) is 3. The number of ether oxygens (including phenoxy) is 1. The van der Waals surface area contributed by atoms with E-state index in [-0.39, 0.29) is 37.6 Å². The number of unbranched alkanes of at least 4 members (excludes halogenated alkanes) is 9. The van der Waals surface area contributed by atoms with Crippen LogP contribution in [-0.4, -0.2) is 35.8 Å². The zero-order valence-electron chi connectivity index (χ0n) is 18.8. The van der Waals surface area contributed by atoms with Crippen LogP contribution in [0.15, 0.2) is 30.3 Å². The molecule has 1 aromatic carbocycles. The van der Waals surface area contributed by atoms with Gasteiger partial charge in [-0.3, -0.25) is 9.11 Å². The summed E-state index contributed by atoms with van der Waals surface area (Å²) in [4.78, 5) is 0. The van der Waals surface area contributed by atoms with E-state index in [4.69, 9.17) is 27.4 Å². The van der Waals surface area contributed by atoms with E-state index in [1.54, 1.807) is 6.92 Å². The van der Waals surface area contributed by atoms with E-state index >= 15 is 0 Å². The van der Waals surface area contributed by atoms with Crippen molar-refractivity contribution in [1.29, 1.82) is 0 Å². The molecule has 162 valence electrons. The Hall–Kier alpha value is -0.150. The molecule has 8 heteroatoms. The van der Waals surface area contributed by atoms with Crippen LogP contribution in [0.1, 0.15) is 79.5 Å². The molecule has 0 saturated heterocycles. The number of benzene rings is 1. The Balaban J connectivity index is -0.000000268. The third-order valence-electron chi connectivity index (χ3n) is 3.51. The van der Waals surface area contributed by atoms with Gasteiger partial charge in [0.2, 0.25) is 0 Å². The molecule has 0 spiro atoms. The molecule has 0 fully saturated rings. The van der Waals surface area contributed by atoms with E-state index in [2.05, 4.69) is 6.92 Å². The van der Waals surface area contributed by atoms with Crippen molar-refractivity contribution in [2.24, 2.45) is 0 Å². The second-order valence-corrected chi connectivity index (χ2v) is 7.00. The van der Waals surface area contributed by atoms with Crippen molar-refractivity contribution >= 4 is 10.4 Å². The van der Waals surface area contributed by atoms with E-state index in [0.29, 0.717) is 0 Å². The van der Waals surface area contributed by atoms with E-state index in [9.17, 15) is 0 Å². The van der Waals surface area contributed by atoms with Gasteiger partial charge in [0.05, 0.1) is 6.61 Å². The van der Waals surface area contributed by atoms with Crippen LogP contribution in [-0.2, 0) is 10.4 Å². The standard InChI is InChI=1S/C18H30O.C2H6O.Na.H2O4S.H/c1-2-3-4-5-6-7-8-9-10-14-17-19-18-15-12-11-13-16-18;1-2-3;;1-5(2,3)4;/h11-13,15-16H,2-10,14,17H2,1H3;3H,2H2,1H3;;(H2,1,2,3,4);/q;;+1;;-1. The molecule has 1 rings (SSSR count). The summed E-state index contributed by atoms with van der Waals surface area (Å²) in [6, 6.07) is 10.1. The van der Waals surface area contributed by atoms with Gasteiger partial charge < -0.3 is 11.3 Å². The third-order valence-corrected chi connectivity index (χ3v) is 3.51. The van der Waals surface area contributed by atoms with Crippen molar-refractivity contribution in [3.05, 3.63) is 30.3 Å². The fourth-order valence-electron chi connectivity index (χ4n) is 2.30. The Morgan fingerprint density at radius 3 is 1.57 bits per heavy atom. The largest absolute Gasteiger partial charge is 1.00 e. The van der Waals surface area contributed by atoms with Gasteiger partial charge in [-0.1, -0.05) is 82.9 Å². The summed E-state index contributed by atoms with van der Waals surface area (Å²) in [5.74, 6) is 0.999. The number of aliphatic hydroxyl groups excluding tert-OH is 1. The molecular weight excluding hydrogens is 391 g/mol. The van der Waals surface area contributed by atoms with Crippen LogP contribution < -0.4 is 34.3 Å². The van der Waals surface area contributed by atoms with E-state index in [1.165, 1.54) is 64.2 Å². The smallest absolute Gasteiger partial charge is 1.00 e. The van der Waals surface area contributed by atoms with Crippen LogP contribution in [0.5, 0.6) is 5.75 Å². The molecule has 0 heterocycles. The Bertz CT molecular complexity index is 495. The minimum absolute atomic E-state index is 0. The van der Waals surface area contributed by atoms with Gasteiger partial charge in [-0.15, -0.1) is 0 Å². The normalized spacial score (nSPS) is 9.89. The monoisotopic (exact) mass is 430 g/mol. The second kappa shape index (κ2) is 24.9. The molecule has 1 aromatic rings. The van der Waals surface area contributed by atoms with Crippen LogP contribution in [0.3, 0.4) is 0 Å². The SMILES string of the molecule is CCCCCCCCCCCCOc1ccccc1.CCO.O=S(=O)(O)O.[H-].[Na+]. The van der Waals surface area contributed by atoms with Crippen LogP contribution in [0.4, 0.5) is 0 Å². The van der Waals surface area contributed by atoms with Gasteiger partial charge >= 0.3 is 40.0 Å². The summed E-state index contributed by atoms with van der Waals surface area (Å²) >= 11 is 0. The van der Waals surface area contributed by atoms with E-state index in [1.807, 2.05) is 30.3 Å². The maximum atomic E-state index is 8.74. The van der Waals surface area contributed by atoms with Gasteiger partial charge in [-0.2, -0.15) is 8.42 Å². The number of rotatable bonds is 12. The van der Waals surface area contributed by atoms with Crippen LogP contribution in [0, 0.1) is 0 Å². The van der Waals surface area contributed by atoms with Gasteiger partial charge in [0, 0.05) is 6.61 Å². The molecule has 0 saturated carbocycles. The molecule has 0 unspecified atom stereocenters. The predicted molar refractivity (Wildman–Crippen MR) is 112 cm³/mol. The molecule has 0 atom stereocenters. The average molecular weight is 431 g/mol. The van der Waals surface area contributed by atoms with Crippen molar-refractivity contribution in [2.45, 2.75) is 78.1 Å². The van der Waals surface area contributed by atoms with Gasteiger partial charge in [0.25, 0.3) is 0 Å². The first-order valence-corrected chi connectivity index (χ1v) is 11.2. The molecule has 0 aliphatic rings. The quantitative estimate of drug-likeness (QED) is 0.267. The molecule has 3 N–H and O–H groups in total. The summed E-state index contributed by atoms with van der Waals surface area (Å²) in [5, 5.41) is 7.57. The van der Waals surface area contributed by atoms with Gasteiger partial charge in [-0.05, 0) is 25.5 Å². The third kappa shape index (κ3) is 36.7. The number of aliphatic hydroxyl groups is 1. The molecular formula is C20H39NaO6S. The molecule has 0 aliphatic carbocycles. The molecule has 0 amide bonds. The molecule has 28 heavy (non-hydrogen) atoms.